The minimum absolute atomic E-state index is 0.153. The van der Waals surface area contributed by atoms with E-state index in [1.807, 2.05) is 0 Å². The van der Waals surface area contributed by atoms with Crippen molar-refractivity contribution in [1.29, 1.82) is 0 Å². The molecule has 1 unspecified atom stereocenters. The molecule has 0 aromatic carbocycles. The van der Waals surface area contributed by atoms with E-state index in [-0.39, 0.29) is 24.1 Å². The molecular weight excluding hydrogens is 168 g/mol. The second-order valence-electron chi connectivity index (χ2n) is 3.90. The van der Waals surface area contributed by atoms with E-state index < -0.39 is 0 Å². The summed E-state index contributed by atoms with van der Waals surface area (Å²) in [6.45, 7) is 6.95. The molecule has 76 valence electrons. The van der Waals surface area contributed by atoms with Crippen LogP contribution in [0.25, 0.3) is 0 Å². The molecule has 0 spiro atoms. The van der Waals surface area contributed by atoms with Crippen molar-refractivity contribution < 1.29 is 14.2 Å². The van der Waals surface area contributed by atoms with Gasteiger partial charge in [-0.2, -0.15) is 0 Å². The lowest BCUT2D eigenvalue weighted by molar-refractivity contribution is -0.201. The topological polar surface area (TPSA) is 27.7 Å². The van der Waals surface area contributed by atoms with Gasteiger partial charge in [0.15, 0.2) is 5.79 Å². The van der Waals surface area contributed by atoms with Gasteiger partial charge in [0, 0.05) is 0 Å². The Morgan fingerprint density at radius 2 is 1.92 bits per heavy atom. The van der Waals surface area contributed by atoms with Crippen LogP contribution in [0.3, 0.4) is 0 Å². The average Bonchev–Trinajstić information content (AvgIpc) is 2.67. The fraction of sp³-hybridized carbons (Fsp3) is 1.00. The van der Waals surface area contributed by atoms with Crippen LogP contribution >= 0.6 is 0 Å². The van der Waals surface area contributed by atoms with Gasteiger partial charge in [-0.05, 0) is 19.8 Å². The first-order chi connectivity index (χ1) is 6.21. The molecule has 0 aliphatic carbocycles. The van der Waals surface area contributed by atoms with Gasteiger partial charge < -0.3 is 14.2 Å². The summed E-state index contributed by atoms with van der Waals surface area (Å²) in [4.78, 5) is 0. The van der Waals surface area contributed by atoms with E-state index in [0.717, 1.165) is 12.8 Å². The van der Waals surface area contributed by atoms with Gasteiger partial charge in [-0.3, -0.25) is 0 Å². The molecule has 2 aliphatic rings. The van der Waals surface area contributed by atoms with Crippen molar-refractivity contribution in [2.45, 2.75) is 57.7 Å². The van der Waals surface area contributed by atoms with Crippen LogP contribution in [0.4, 0.5) is 0 Å². The third kappa shape index (κ3) is 1.39. The van der Waals surface area contributed by atoms with Crippen LogP contribution in [0.15, 0.2) is 0 Å². The second kappa shape index (κ2) is 3.23. The van der Waals surface area contributed by atoms with E-state index >= 15 is 0 Å². The van der Waals surface area contributed by atoms with Gasteiger partial charge in [0.25, 0.3) is 0 Å². The largest absolute Gasteiger partial charge is 0.373 e. The van der Waals surface area contributed by atoms with Crippen molar-refractivity contribution in [3.05, 3.63) is 0 Å². The summed E-state index contributed by atoms with van der Waals surface area (Å²) in [6, 6.07) is 0. The van der Waals surface area contributed by atoms with Gasteiger partial charge in [0.1, 0.15) is 12.2 Å². The Kier molecular flexibility index (Phi) is 2.34. The molecule has 0 aromatic heterocycles. The molecule has 2 aliphatic heterocycles. The Labute approximate surface area is 79.4 Å². The van der Waals surface area contributed by atoms with Crippen LogP contribution in [-0.2, 0) is 14.2 Å². The van der Waals surface area contributed by atoms with Crippen LogP contribution < -0.4 is 0 Å². The Bertz CT molecular complexity index is 189. The fourth-order valence-electron chi connectivity index (χ4n) is 2.15. The summed E-state index contributed by atoms with van der Waals surface area (Å²) in [5.74, 6) is -0.326. The van der Waals surface area contributed by atoms with Gasteiger partial charge in [0.05, 0.1) is 12.7 Å². The summed E-state index contributed by atoms with van der Waals surface area (Å²) in [6.07, 6.45) is 2.34. The molecule has 3 heteroatoms. The predicted octanol–water partition coefficient (Wildman–Crippen LogP) is 1.71. The van der Waals surface area contributed by atoms with Crippen molar-refractivity contribution in [3.8, 4) is 0 Å². The third-order valence-corrected chi connectivity index (χ3v) is 3.15. The lowest BCUT2D eigenvalue weighted by atomic mass is 10.1. The van der Waals surface area contributed by atoms with Gasteiger partial charge in [-0.15, -0.1) is 0 Å². The van der Waals surface area contributed by atoms with Crippen molar-refractivity contribution in [1.82, 2.24) is 0 Å². The fourth-order valence-corrected chi connectivity index (χ4v) is 2.15. The summed E-state index contributed by atoms with van der Waals surface area (Å²) in [5, 5.41) is 0. The van der Waals surface area contributed by atoms with Crippen LogP contribution in [-0.4, -0.2) is 30.7 Å². The van der Waals surface area contributed by atoms with E-state index in [2.05, 4.69) is 20.8 Å². The summed E-state index contributed by atoms with van der Waals surface area (Å²) in [5.41, 5.74) is 0. The predicted molar refractivity (Wildman–Crippen MR) is 48.5 cm³/mol. The molecular formula is C10H18O3. The second-order valence-corrected chi connectivity index (χ2v) is 3.90. The zero-order valence-corrected chi connectivity index (χ0v) is 8.58. The molecule has 0 saturated carbocycles. The van der Waals surface area contributed by atoms with Crippen LogP contribution in [0, 0.1) is 0 Å². The zero-order chi connectivity index (χ0) is 9.47. The van der Waals surface area contributed by atoms with E-state index in [0.29, 0.717) is 6.61 Å². The number of rotatable bonds is 2. The van der Waals surface area contributed by atoms with E-state index in [1.54, 1.807) is 0 Å². The molecule has 0 N–H and O–H groups in total. The summed E-state index contributed by atoms with van der Waals surface area (Å²) < 4.78 is 17.3. The van der Waals surface area contributed by atoms with Crippen molar-refractivity contribution >= 4 is 0 Å². The van der Waals surface area contributed by atoms with Gasteiger partial charge in [-0.25, -0.2) is 0 Å². The first-order valence-electron chi connectivity index (χ1n) is 5.18. The standard InChI is InChI=1S/C10H18O3/c1-4-10(5-2)12-8-6-11-7(3)9(8)13-10/h7-9H,4-6H2,1-3H3/t7?,8-,9+/m0/s1. The highest BCUT2D eigenvalue weighted by molar-refractivity contribution is 4.92. The van der Waals surface area contributed by atoms with Crippen molar-refractivity contribution in [3.63, 3.8) is 0 Å². The van der Waals surface area contributed by atoms with Crippen LogP contribution in [0.1, 0.15) is 33.6 Å². The van der Waals surface area contributed by atoms with E-state index in [1.165, 1.54) is 0 Å². The molecule has 0 bridgehead atoms. The monoisotopic (exact) mass is 186 g/mol. The number of fused-ring (bicyclic) bond motifs is 1. The van der Waals surface area contributed by atoms with Gasteiger partial charge in [0.2, 0.25) is 0 Å². The Morgan fingerprint density at radius 1 is 1.23 bits per heavy atom. The van der Waals surface area contributed by atoms with E-state index in [9.17, 15) is 0 Å². The van der Waals surface area contributed by atoms with E-state index in [4.69, 9.17) is 14.2 Å². The third-order valence-electron chi connectivity index (χ3n) is 3.15. The zero-order valence-electron chi connectivity index (χ0n) is 8.58. The van der Waals surface area contributed by atoms with Crippen LogP contribution in [0.5, 0.6) is 0 Å². The lowest BCUT2D eigenvalue weighted by Crippen LogP contribution is -2.32. The molecule has 2 saturated heterocycles. The van der Waals surface area contributed by atoms with Gasteiger partial charge >= 0.3 is 0 Å². The highest BCUT2D eigenvalue weighted by Crippen LogP contribution is 2.39. The first-order valence-corrected chi connectivity index (χ1v) is 5.18. The molecule has 0 aromatic rings. The average molecular weight is 186 g/mol. The van der Waals surface area contributed by atoms with Gasteiger partial charge in [-0.1, -0.05) is 13.8 Å². The maximum absolute atomic E-state index is 5.94. The quantitative estimate of drug-likeness (QED) is 0.657. The van der Waals surface area contributed by atoms with Crippen LogP contribution in [0.2, 0.25) is 0 Å². The highest BCUT2D eigenvalue weighted by atomic mass is 16.8. The van der Waals surface area contributed by atoms with Crippen molar-refractivity contribution in [2.75, 3.05) is 6.61 Å². The smallest absolute Gasteiger partial charge is 0.169 e. The Balaban J connectivity index is 2.08. The number of hydrogen-bond donors (Lipinski definition) is 0. The Morgan fingerprint density at radius 3 is 2.46 bits per heavy atom. The minimum Gasteiger partial charge on any atom is -0.373 e. The number of hydrogen-bond acceptors (Lipinski definition) is 3. The maximum Gasteiger partial charge on any atom is 0.169 e. The van der Waals surface area contributed by atoms with Crippen molar-refractivity contribution in [2.24, 2.45) is 0 Å². The first kappa shape index (κ1) is 9.44. The number of ether oxygens (including phenoxy) is 3. The molecule has 13 heavy (non-hydrogen) atoms. The maximum atomic E-state index is 5.94. The molecule has 0 amide bonds. The minimum atomic E-state index is -0.326. The highest BCUT2D eigenvalue weighted by Gasteiger charge is 2.51. The molecule has 2 rings (SSSR count). The summed E-state index contributed by atoms with van der Waals surface area (Å²) in [7, 11) is 0. The molecule has 3 nitrogen and oxygen atoms in total. The molecule has 2 fully saturated rings. The normalized spacial score (nSPS) is 42.2. The lowest BCUT2D eigenvalue weighted by Gasteiger charge is -2.26. The molecule has 0 radical (unpaired) electrons. The molecule has 3 atom stereocenters. The molecule has 2 heterocycles. The SMILES string of the molecule is CCC1(CC)O[C@H]2COC(C)[C@H]2O1. The Hall–Kier alpha value is -0.120. The summed E-state index contributed by atoms with van der Waals surface area (Å²) >= 11 is 0.